The van der Waals surface area contributed by atoms with Crippen molar-refractivity contribution in [2.75, 3.05) is 6.61 Å². The van der Waals surface area contributed by atoms with Crippen LogP contribution in [0.2, 0.25) is 5.02 Å². The molecule has 0 bridgehead atoms. The van der Waals surface area contributed by atoms with E-state index in [4.69, 9.17) is 16.3 Å². The predicted octanol–water partition coefficient (Wildman–Crippen LogP) is 5.56. The minimum Gasteiger partial charge on any atom is -0.493 e. The molecule has 1 fully saturated rings. The van der Waals surface area contributed by atoms with E-state index < -0.39 is 5.97 Å². The predicted molar refractivity (Wildman–Crippen MR) is 105 cm³/mol. The van der Waals surface area contributed by atoms with Gasteiger partial charge in [0.1, 0.15) is 11.4 Å². The molecule has 1 N–H and O–H groups in total. The number of rotatable bonds is 6. The highest BCUT2D eigenvalue weighted by molar-refractivity contribution is 6.31. The highest BCUT2D eigenvalue weighted by Gasteiger charge is 2.23. The Labute approximate surface area is 162 Å². The molecule has 0 unspecified atom stereocenters. The average molecular weight is 380 g/mol. The number of ether oxygens (including phenoxy) is 1. The van der Waals surface area contributed by atoms with Crippen molar-refractivity contribution < 1.29 is 14.6 Å². The highest BCUT2D eigenvalue weighted by atomic mass is 35.5. The molecule has 4 rings (SSSR count). The molecule has 1 aliphatic rings. The second kappa shape index (κ2) is 7.41. The van der Waals surface area contributed by atoms with E-state index in [0.717, 1.165) is 22.4 Å². The Morgan fingerprint density at radius 1 is 1.04 bits per heavy atom. The van der Waals surface area contributed by atoms with E-state index in [9.17, 15) is 9.90 Å². The van der Waals surface area contributed by atoms with Gasteiger partial charge in [0.15, 0.2) is 0 Å². The molecule has 0 aliphatic heterocycles. The minimum absolute atomic E-state index is 0.0126. The van der Waals surface area contributed by atoms with Crippen LogP contribution in [-0.4, -0.2) is 22.7 Å². The number of halogens is 1. The van der Waals surface area contributed by atoms with Gasteiger partial charge in [0.05, 0.1) is 12.3 Å². The lowest BCUT2D eigenvalue weighted by molar-refractivity contribution is 0.0690. The van der Waals surface area contributed by atoms with Crippen molar-refractivity contribution in [3.8, 4) is 28.1 Å². The fourth-order valence-electron chi connectivity index (χ4n) is 2.98. The summed E-state index contributed by atoms with van der Waals surface area (Å²) < 4.78 is 6.05. The van der Waals surface area contributed by atoms with Crippen LogP contribution < -0.4 is 4.74 Å². The van der Waals surface area contributed by atoms with Crippen molar-refractivity contribution in [1.29, 1.82) is 0 Å². The Hall–Kier alpha value is -2.85. The quantitative estimate of drug-likeness (QED) is 0.609. The molecule has 1 saturated carbocycles. The standard InChI is InChI=1S/C22H18ClNO3/c23-15-10-11-21(27-13-14-8-9-14)18(12-15)16-4-1-2-5-17(16)19-6-3-7-20(24-19)22(25)26/h1-7,10-12,14H,8-9,13H2,(H,25,26). The number of carboxylic acid groups (broad SMARTS) is 1. The molecule has 2 aromatic carbocycles. The third kappa shape index (κ3) is 3.96. The van der Waals surface area contributed by atoms with Crippen LogP contribution in [0.15, 0.2) is 60.7 Å². The zero-order valence-electron chi connectivity index (χ0n) is 14.6. The molecule has 1 aromatic heterocycles. The van der Waals surface area contributed by atoms with Crippen LogP contribution in [0.1, 0.15) is 23.3 Å². The summed E-state index contributed by atoms with van der Waals surface area (Å²) in [5, 5.41) is 9.87. The first-order valence-corrected chi connectivity index (χ1v) is 9.22. The molecule has 136 valence electrons. The fourth-order valence-corrected chi connectivity index (χ4v) is 3.15. The van der Waals surface area contributed by atoms with Gasteiger partial charge in [0.2, 0.25) is 0 Å². The topological polar surface area (TPSA) is 59.4 Å². The van der Waals surface area contributed by atoms with Crippen LogP contribution in [-0.2, 0) is 0 Å². The summed E-state index contributed by atoms with van der Waals surface area (Å²) in [4.78, 5) is 15.6. The molecular formula is C22H18ClNO3. The maximum Gasteiger partial charge on any atom is 0.354 e. The number of benzene rings is 2. The maximum absolute atomic E-state index is 11.3. The van der Waals surface area contributed by atoms with E-state index in [1.807, 2.05) is 42.5 Å². The third-order valence-electron chi connectivity index (χ3n) is 4.57. The second-order valence-electron chi connectivity index (χ2n) is 6.65. The monoisotopic (exact) mass is 379 g/mol. The summed E-state index contributed by atoms with van der Waals surface area (Å²) in [5.41, 5.74) is 3.22. The molecule has 27 heavy (non-hydrogen) atoms. The first-order valence-electron chi connectivity index (χ1n) is 8.84. The van der Waals surface area contributed by atoms with Gasteiger partial charge in [-0.25, -0.2) is 9.78 Å². The van der Waals surface area contributed by atoms with Gasteiger partial charge in [-0.1, -0.05) is 41.9 Å². The molecule has 4 nitrogen and oxygen atoms in total. The number of aromatic nitrogens is 1. The number of aromatic carboxylic acids is 1. The lowest BCUT2D eigenvalue weighted by Crippen LogP contribution is -2.02. The van der Waals surface area contributed by atoms with Gasteiger partial charge in [0, 0.05) is 16.1 Å². The molecule has 1 heterocycles. The van der Waals surface area contributed by atoms with Crippen LogP contribution >= 0.6 is 11.6 Å². The van der Waals surface area contributed by atoms with E-state index in [0.29, 0.717) is 23.2 Å². The largest absolute Gasteiger partial charge is 0.493 e. The zero-order valence-corrected chi connectivity index (χ0v) is 15.3. The van der Waals surface area contributed by atoms with Crippen molar-refractivity contribution >= 4 is 17.6 Å². The molecule has 0 radical (unpaired) electrons. The Morgan fingerprint density at radius 3 is 2.56 bits per heavy atom. The maximum atomic E-state index is 11.3. The van der Waals surface area contributed by atoms with Gasteiger partial charge in [-0.2, -0.15) is 0 Å². The number of nitrogens with zero attached hydrogens (tertiary/aromatic N) is 1. The number of pyridine rings is 1. The first kappa shape index (κ1) is 17.6. The van der Waals surface area contributed by atoms with Gasteiger partial charge in [-0.15, -0.1) is 0 Å². The summed E-state index contributed by atoms with van der Waals surface area (Å²) in [6, 6.07) is 18.3. The third-order valence-corrected chi connectivity index (χ3v) is 4.81. The second-order valence-corrected chi connectivity index (χ2v) is 7.09. The lowest BCUT2D eigenvalue weighted by atomic mass is 9.96. The van der Waals surface area contributed by atoms with Crippen molar-refractivity contribution in [3.05, 3.63) is 71.4 Å². The van der Waals surface area contributed by atoms with Crippen LogP contribution in [0.4, 0.5) is 0 Å². The molecular weight excluding hydrogens is 362 g/mol. The van der Waals surface area contributed by atoms with E-state index in [-0.39, 0.29) is 5.69 Å². The minimum atomic E-state index is -1.05. The van der Waals surface area contributed by atoms with Crippen LogP contribution in [0.3, 0.4) is 0 Å². The Bertz CT molecular complexity index is 998. The number of carboxylic acids is 1. The molecule has 3 aromatic rings. The normalized spacial score (nSPS) is 13.4. The molecule has 0 saturated heterocycles. The number of hydrogen-bond acceptors (Lipinski definition) is 3. The smallest absolute Gasteiger partial charge is 0.354 e. The van der Waals surface area contributed by atoms with Crippen LogP contribution in [0, 0.1) is 5.92 Å². The number of hydrogen-bond donors (Lipinski definition) is 1. The van der Waals surface area contributed by atoms with Crippen LogP contribution in [0.25, 0.3) is 22.4 Å². The number of carbonyl (C=O) groups is 1. The van der Waals surface area contributed by atoms with Gasteiger partial charge in [-0.05, 0) is 54.7 Å². The summed E-state index contributed by atoms with van der Waals surface area (Å²) >= 11 is 6.26. The highest BCUT2D eigenvalue weighted by Crippen LogP contribution is 2.39. The molecule has 5 heteroatoms. The first-order chi connectivity index (χ1) is 13.1. The Morgan fingerprint density at radius 2 is 1.81 bits per heavy atom. The Balaban J connectivity index is 1.80. The van der Waals surface area contributed by atoms with E-state index in [1.54, 1.807) is 12.1 Å². The average Bonchev–Trinajstić information content (AvgIpc) is 3.51. The van der Waals surface area contributed by atoms with Gasteiger partial charge < -0.3 is 9.84 Å². The molecule has 1 aliphatic carbocycles. The van der Waals surface area contributed by atoms with Gasteiger partial charge in [0.25, 0.3) is 0 Å². The SMILES string of the molecule is O=C(O)c1cccc(-c2ccccc2-c2cc(Cl)ccc2OCC2CC2)n1. The summed E-state index contributed by atoms with van der Waals surface area (Å²) in [7, 11) is 0. The molecule has 0 atom stereocenters. The van der Waals surface area contributed by atoms with Crippen molar-refractivity contribution in [3.63, 3.8) is 0 Å². The zero-order chi connectivity index (χ0) is 18.8. The summed E-state index contributed by atoms with van der Waals surface area (Å²) in [6.07, 6.45) is 2.43. The molecule has 0 spiro atoms. The lowest BCUT2D eigenvalue weighted by Gasteiger charge is -2.15. The summed E-state index contributed by atoms with van der Waals surface area (Å²) in [5.74, 6) is 0.358. The molecule has 0 amide bonds. The van der Waals surface area contributed by atoms with E-state index in [2.05, 4.69) is 4.98 Å². The van der Waals surface area contributed by atoms with Crippen molar-refractivity contribution in [2.24, 2.45) is 5.92 Å². The van der Waals surface area contributed by atoms with Crippen molar-refractivity contribution in [2.45, 2.75) is 12.8 Å². The van der Waals surface area contributed by atoms with Crippen LogP contribution in [0.5, 0.6) is 5.75 Å². The van der Waals surface area contributed by atoms with Crippen molar-refractivity contribution in [1.82, 2.24) is 4.98 Å². The van der Waals surface area contributed by atoms with Gasteiger partial charge in [-0.3, -0.25) is 0 Å². The van der Waals surface area contributed by atoms with E-state index in [1.165, 1.54) is 18.9 Å². The van der Waals surface area contributed by atoms with Gasteiger partial charge >= 0.3 is 5.97 Å². The fraction of sp³-hybridized carbons (Fsp3) is 0.182. The van der Waals surface area contributed by atoms with E-state index >= 15 is 0 Å². The Kier molecular flexibility index (Phi) is 4.82. The summed E-state index contributed by atoms with van der Waals surface area (Å²) in [6.45, 7) is 0.698.